The molecule has 1 aliphatic heterocycles. The molecule has 0 bridgehead atoms. The van der Waals surface area contributed by atoms with E-state index < -0.39 is 0 Å². The molecular formula is C21H28N4O2. The molecule has 6 nitrogen and oxygen atoms in total. The van der Waals surface area contributed by atoms with Gasteiger partial charge in [0.25, 0.3) is 5.91 Å². The molecule has 2 aromatic rings. The first-order valence-electron chi connectivity index (χ1n) is 9.29. The number of hydrogen-bond donors (Lipinski definition) is 1. The highest BCUT2D eigenvalue weighted by Crippen LogP contribution is 2.28. The summed E-state index contributed by atoms with van der Waals surface area (Å²) in [5.41, 5.74) is 1.64. The number of carbonyl (C=O) groups is 1. The zero-order valence-corrected chi connectivity index (χ0v) is 16.5. The van der Waals surface area contributed by atoms with Gasteiger partial charge in [0.2, 0.25) is 0 Å². The molecular weight excluding hydrogens is 340 g/mol. The van der Waals surface area contributed by atoms with E-state index in [9.17, 15) is 4.79 Å². The summed E-state index contributed by atoms with van der Waals surface area (Å²) in [6.45, 7) is 9.16. The van der Waals surface area contributed by atoms with Gasteiger partial charge in [-0.05, 0) is 45.0 Å². The monoisotopic (exact) mass is 368 g/mol. The summed E-state index contributed by atoms with van der Waals surface area (Å²) in [6, 6.07) is 11.7. The first kappa shape index (κ1) is 19.0. The largest absolute Gasteiger partial charge is 0.495 e. The predicted octanol–water partition coefficient (Wildman–Crippen LogP) is 3.26. The fourth-order valence-electron chi connectivity index (χ4n) is 3.20. The summed E-state index contributed by atoms with van der Waals surface area (Å²) in [5.74, 6) is 1.67. The SMILES string of the molecule is COc1ccccc1N1CCN(C(=O)c2ccc(NC(C)(C)C)nc2)CC1. The van der Waals surface area contributed by atoms with Crippen LogP contribution in [0.25, 0.3) is 0 Å². The smallest absolute Gasteiger partial charge is 0.255 e. The summed E-state index contributed by atoms with van der Waals surface area (Å²) < 4.78 is 5.45. The second kappa shape index (κ2) is 7.86. The molecule has 0 radical (unpaired) electrons. The number of piperazine rings is 1. The number of benzene rings is 1. The van der Waals surface area contributed by atoms with Crippen LogP contribution in [-0.2, 0) is 0 Å². The first-order chi connectivity index (χ1) is 12.9. The number of methoxy groups -OCH3 is 1. The summed E-state index contributed by atoms with van der Waals surface area (Å²) in [6.07, 6.45) is 1.66. The quantitative estimate of drug-likeness (QED) is 0.898. The van der Waals surface area contributed by atoms with Crippen molar-refractivity contribution in [2.75, 3.05) is 43.5 Å². The van der Waals surface area contributed by atoms with E-state index in [1.807, 2.05) is 35.2 Å². The van der Waals surface area contributed by atoms with E-state index in [0.717, 1.165) is 30.3 Å². The average molecular weight is 368 g/mol. The molecule has 1 aromatic carbocycles. The highest BCUT2D eigenvalue weighted by Gasteiger charge is 2.24. The van der Waals surface area contributed by atoms with Gasteiger partial charge in [0.05, 0.1) is 18.4 Å². The van der Waals surface area contributed by atoms with Crippen LogP contribution < -0.4 is 15.0 Å². The van der Waals surface area contributed by atoms with Gasteiger partial charge in [0, 0.05) is 37.9 Å². The third kappa shape index (κ3) is 4.70. The van der Waals surface area contributed by atoms with Crippen LogP contribution in [-0.4, -0.2) is 54.6 Å². The summed E-state index contributed by atoms with van der Waals surface area (Å²) in [5, 5.41) is 3.31. The molecule has 1 fully saturated rings. The number of nitrogens with zero attached hydrogens (tertiary/aromatic N) is 3. The fraction of sp³-hybridized carbons (Fsp3) is 0.429. The minimum atomic E-state index is -0.0622. The van der Waals surface area contributed by atoms with Gasteiger partial charge in [-0.3, -0.25) is 4.79 Å². The highest BCUT2D eigenvalue weighted by molar-refractivity contribution is 5.94. The van der Waals surface area contributed by atoms with Crippen molar-refractivity contribution in [1.82, 2.24) is 9.88 Å². The molecule has 0 saturated carbocycles. The Labute approximate surface area is 161 Å². The zero-order chi connectivity index (χ0) is 19.4. The molecule has 1 aliphatic rings. The third-order valence-electron chi connectivity index (χ3n) is 4.51. The van der Waals surface area contributed by atoms with Crippen LogP contribution in [0.3, 0.4) is 0 Å². The molecule has 1 amide bonds. The summed E-state index contributed by atoms with van der Waals surface area (Å²) in [4.78, 5) is 21.3. The lowest BCUT2D eigenvalue weighted by Gasteiger charge is -2.36. The number of pyridine rings is 1. The summed E-state index contributed by atoms with van der Waals surface area (Å²) >= 11 is 0. The van der Waals surface area contributed by atoms with Crippen molar-refractivity contribution in [3.05, 3.63) is 48.2 Å². The molecule has 0 aliphatic carbocycles. The minimum Gasteiger partial charge on any atom is -0.495 e. The van der Waals surface area contributed by atoms with Crippen molar-refractivity contribution >= 4 is 17.4 Å². The predicted molar refractivity (Wildman–Crippen MR) is 109 cm³/mol. The van der Waals surface area contributed by atoms with Gasteiger partial charge in [0.15, 0.2) is 0 Å². The van der Waals surface area contributed by atoms with Crippen molar-refractivity contribution in [2.45, 2.75) is 26.3 Å². The maximum Gasteiger partial charge on any atom is 0.255 e. The lowest BCUT2D eigenvalue weighted by atomic mass is 10.1. The maximum absolute atomic E-state index is 12.8. The van der Waals surface area contributed by atoms with E-state index in [0.29, 0.717) is 18.7 Å². The lowest BCUT2D eigenvalue weighted by molar-refractivity contribution is 0.0746. The van der Waals surface area contributed by atoms with Crippen molar-refractivity contribution in [2.24, 2.45) is 0 Å². The number of anilines is 2. The Hall–Kier alpha value is -2.76. The molecule has 0 atom stereocenters. The van der Waals surface area contributed by atoms with E-state index in [1.165, 1.54) is 0 Å². The van der Waals surface area contributed by atoms with Gasteiger partial charge in [-0.15, -0.1) is 0 Å². The molecule has 0 spiro atoms. The molecule has 1 aromatic heterocycles. The van der Waals surface area contributed by atoms with Crippen LogP contribution in [0.4, 0.5) is 11.5 Å². The molecule has 6 heteroatoms. The Kier molecular flexibility index (Phi) is 5.54. The first-order valence-corrected chi connectivity index (χ1v) is 9.29. The van der Waals surface area contributed by atoms with Crippen LogP contribution in [0.5, 0.6) is 5.75 Å². The van der Waals surface area contributed by atoms with Gasteiger partial charge < -0.3 is 19.9 Å². The Morgan fingerprint density at radius 2 is 1.78 bits per heavy atom. The fourth-order valence-corrected chi connectivity index (χ4v) is 3.20. The van der Waals surface area contributed by atoms with Gasteiger partial charge in [-0.2, -0.15) is 0 Å². The number of nitrogens with one attached hydrogen (secondary N) is 1. The van der Waals surface area contributed by atoms with Crippen molar-refractivity contribution in [3.8, 4) is 5.75 Å². The standard InChI is InChI=1S/C21H28N4O2/c1-21(2,3)23-19-10-9-16(15-22-19)20(26)25-13-11-24(12-14-25)17-7-5-6-8-18(17)27-4/h5-10,15H,11-14H2,1-4H3,(H,22,23). The number of para-hydroxylation sites is 2. The van der Waals surface area contributed by atoms with E-state index in [2.05, 4.69) is 42.0 Å². The normalized spacial score (nSPS) is 14.8. The van der Waals surface area contributed by atoms with Gasteiger partial charge in [-0.1, -0.05) is 12.1 Å². The van der Waals surface area contributed by atoms with Gasteiger partial charge in [-0.25, -0.2) is 4.98 Å². The van der Waals surface area contributed by atoms with E-state index in [4.69, 9.17) is 4.74 Å². The second-order valence-corrected chi connectivity index (χ2v) is 7.76. The number of rotatable bonds is 4. The molecule has 0 unspecified atom stereocenters. The van der Waals surface area contributed by atoms with Gasteiger partial charge >= 0.3 is 0 Å². The van der Waals surface area contributed by atoms with E-state index >= 15 is 0 Å². The number of amides is 1. The van der Waals surface area contributed by atoms with E-state index in [1.54, 1.807) is 13.3 Å². The molecule has 27 heavy (non-hydrogen) atoms. The Morgan fingerprint density at radius 3 is 2.37 bits per heavy atom. The van der Waals surface area contributed by atoms with Crippen LogP contribution in [0, 0.1) is 0 Å². The lowest BCUT2D eigenvalue weighted by Crippen LogP contribution is -2.48. The van der Waals surface area contributed by atoms with Gasteiger partial charge in [0.1, 0.15) is 11.6 Å². The van der Waals surface area contributed by atoms with Crippen molar-refractivity contribution in [3.63, 3.8) is 0 Å². The summed E-state index contributed by atoms with van der Waals surface area (Å²) in [7, 11) is 1.68. The number of carbonyl (C=O) groups excluding carboxylic acids is 1. The number of ether oxygens (including phenoxy) is 1. The average Bonchev–Trinajstić information content (AvgIpc) is 2.67. The number of hydrogen-bond acceptors (Lipinski definition) is 5. The highest BCUT2D eigenvalue weighted by atomic mass is 16.5. The Bertz CT molecular complexity index is 776. The molecule has 3 rings (SSSR count). The molecule has 144 valence electrons. The third-order valence-corrected chi connectivity index (χ3v) is 4.51. The van der Waals surface area contributed by atoms with Crippen molar-refractivity contribution < 1.29 is 9.53 Å². The van der Waals surface area contributed by atoms with Crippen LogP contribution in [0.15, 0.2) is 42.6 Å². The minimum absolute atomic E-state index is 0.0319. The molecule has 2 heterocycles. The Morgan fingerprint density at radius 1 is 1.07 bits per heavy atom. The van der Waals surface area contributed by atoms with Crippen molar-refractivity contribution in [1.29, 1.82) is 0 Å². The van der Waals surface area contributed by atoms with E-state index in [-0.39, 0.29) is 11.4 Å². The topological polar surface area (TPSA) is 57.7 Å². The van der Waals surface area contributed by atoms with Crippen LogP contribution >= 0.6 is 0 Å². The Balaban J connectivity index is 1.61. The molecule has 1 N–H and O–H groups in total. The zero-order valence-electron chi connectivity index (χ0n) is 16.5. The maximum atomic E-state index is 12.8. The molecule has 1 saturated heterocycles. The number of aromatic nitrogens is 1. The van der Waals surface area contributed by atoms with Crippen LogP contribution in [0.2, 0.25) is 0 Å². The second-order valence-electron chi connectivity index (χ2n) is 7.76. The van der Waals surface area contributed by atoms with Crippen LogP contribution in [0.1, 0.15) is 31.1 Å².